The first-order valence-electron chi connectivity index (χ1n) is 8.28. The maximum Gasteiger partial charge on any atom is 0.345 e. The van der Waals surface area contributed by atoms with Gasteiger partial charge in [0.25, 0.3) is 0 Å². The highest BCUT2D eigenvalue weighted by Crippen LogP contribution is 2.40. The van der Waals surface area contributed by atoms with Gasteiger partial charge in [-0.25, -0.2) is 14.8 Å². The molecule has 0 unspecified atom stereocenters. The molecular formula is C18H17N3O5. The first-order valence-corrected chi connectivity index (χ1v) is 8.28. The van der Waals surface area contributed by atoms with Gasteiger partial charge in [-0.1, -0.05) is 0 Å². The van der Waals surface area contributed by atoms with Crippen molar-refractivity contribution in [3.63, 3.8) is 0 Å². The Morgan fingerprint density at radius 1 is 1.35 bits per heavy atom. The third kappa shape index (κ3) is 2.74. The van der Waals surface area contributed by atoms with Crippen molar-refractivity contribution in [2.24, 2.45) is 4.99 Å². The van der Waals surface area contributed by atoms with Crippen LogP contribution in [0.5, 0.6) is 5.75 Å². The minimum Gasteiger partial charge on any atom is -0.504 e. The first kappa shape index (κ1) is 16.3. The van der Waals surface area contributed by atoms with Gasteiger partial charge in [-0.2, -0.15) is 0 Å². The summed E-state index contributed by atoms with van der Waals surface area (Å²) in [6, 6.07) is 3.61. The van der Waals surface area contributed by atoms with Crippen molar-refractivity contribution in [3.05, 3.63) is 35.2 Å². The molecule has 2 aliphatic rings. The normalized spacial score (nSPS) is 18.5. The van der Waals surface area contributed by atoms with Gasteiger partial charge in [0, 0.05) is 36.6 Å². The summed E-state index contributed by atoms with van der Waals surface area (Å²) in [5, 5.41) is 29.6. The molecule has 3 N–H and O–H groups in total. The zero-order valence-corrected chi connectivity index (χ0v) is 13.8. The molecule has 0 aromatic carbocycles. The summed E-state index contributed by atoms with van der Waals surface area (Å²) in [5.74, 6) is -0.957. The Labute approximate surface area is 148 Å². The number of carbonyl (C=O) groups is 1. The summed E-state index contributed by atoms with van der Waals surface area (Å²) < 4.78 is 5.71. The number of aliphatic hydroxyl groups is 1. The minimum absolute atomic E-state index is 0.0571. The maximum atomic E-state index is 11.6. The fourth-order valence-electron chi connectivity index (χ4n) is 3.19. The fraction of sp³-hybridized carbons (Fsp3) is 0.278. The monoisotopic (exact) mass is 355 g/mol. The topological polar surface area (TPSA) is 119 Å². The van der Waals surface area contributed by atoms with E-state index >= 15 is 0 Å². The molecule has 2 aromatic heterocycles. The van der Waals surface area contributed by atoms with E-state index in [0.717, 1.165) is 5.56 Å². The largest absolute Gasteiger partial charge is 0.504 e. The molecule has 134 valence electrons. The second-order valence-electron chi connectivity index (χ2n) is 6.25. The Balaban J connectivity index is 1.74. The molecule has 0 bridgehead atoms. The summed E-state index contributed by atoms with van der Waals surface area (Å²) >= 11 is 0. The predicted octanol–water partition coefficient (Wildman–Crippen LogP) is 2.30. The molecule has 26 heavy (non-hydrogen) atoms. The smallest absolute Gasteiger partial charge is 0.345 e. The lowest BCUT2D eigenvalue weighted by Gasteiger charge is -2.29. The van der Waals surface area contributed by atoms with Crippen molar-refractivity contribution < 1.29 is 24.5 Å². The van der Waals surface area contributed by atoms with E-state index in [4.69, 9.17) is 4.42 Å². The number of anilines is 1. The molecule has 0 aliphatic carbocycles. The van der Waals surface area contributed by atoms with E-state index in [0.29, 0.717) is 37.3 Å². The number of furan rings is 1. The van der Waals surface area contributed by atoms with Crippen LogP contribution in [-0.4, -0.2) is 51.7 Å². The number of aromatic hydroxyl groups is 1. The number of piperidine rings is 1. The van der Waals surface area contributed by atoms with Gasteiger partial charge in [0.05, 0.1) is 6.10 Å². The third-order valence-corrected chi connectivity index (χ3v) is 4.57. The van der Waals surface area contributed by atoms with Gasteiger partial charge >= 0.3 is 5.97 Å². The third-order valence-electron chi connectivity index (χ3n) is 4.57. The second-order valence-corrected chi connectivity index (χ2v) is 6.25. The van der Waals surface area contributed by atoms with Gasteiger partial charge in [-0.05, 0) is 31.1 Å². The molecule has 0 radical (unpaired) electrons. The van der Waals surface area contributed by atoms with Gasteiger partial charge in [-0.15, -0.1) is 0 Å². The molecule has 0 spiro atoms. The van der Waals surface area contributed by atoms with Crippen LogP contribution in [0.15, 0.2) is 27.7 Å². The van der Waals surface area contributed by atoms with Crippen LogP contribution in [0, 0.1) is 0 Å². The van der Waals surface area contributed by atoms with Crippen LogP contribution in [0.3, 0.4) is 0 Å². The lowest BCUT2D eigenvalue weighted by molar-refractivity contribution is 0.0694. The average Bonchev–Trinajstić information content (AvgIpc) is 3.18. The lowest BCUT2D eigenvalue weighted by Crippen LogP contribution is -2.36. The maximum absolute atomic E-state index is 11.6. The number of hydrogen-bond donors (Lipinski definition) is 3. The number of allylic oxidation sites excluding steroid dienone is 1. The number of carboxylic acid groups (broad SMARTS) is 1. The number of hydrogen-bond acceptors (Lipinski definition) is 7. The summed E-state index contributed by atoms with van der Waals surface area (Å²) in [4.78, 5) is 21.7. The summed E-state index contributed by atoms with van der Waals surface area (Å²) in [5.41, 5.74) is 1.19. The Morgan fingerprint density at radius 3 is 2.85 bits per heavy atom. The fourth-order valence-corrected chi connectivity index (χ4v) is 3.19. The number of aromatic carboxylic acids is 1. The first-order chi connectivity index (χ1) is 12.5. The number of aliphatic hydroxyl groups excluding tert-OH is 1. The zero-order chi connectivity index (χ0) is 18.3. The molecule has 4 rings (SSSR count). The van der Waals surface area contributed by atoms with Gasteiger partial charge in [-0.3, -0.25) is 0 Å². The molecule has 0 amide bonds. The number of aliphatic imine (C=N–C) groups is 1. The van der Waals surface area contributed by atoms with Crippen LogP contribution < -0.4 is 4.90 Å². The zero-order valence-electron chi connectivity index (χ0n) is 13.8. The molecule has 2 aliphatic heterocycles. The summed E-state index contributed by atoms with van der Waals surface area (Å²) in [7, 11) is 0. The molecule has 2 aromatic rings. The molecule has 8 nitrogen and oxygen atoms in total. The van der Waals surface area contributed by atoms with Crippen molar-refractivity contribution >= 4 is 35.5 Å². The number of aromatic nitrogens is 1. The van der Waals surface area contributed by atoms with Crippen LogP contribution in [0.1, 0.15) is 34.5 Å². The van der Waals surface area contributed by atoms with Crippen molar-refractivity contribution in [3.8, 4) is 5.75 Å². The molecular weight excluding hydrogens is 338 g/mol. The van der Waals surface area contributed by atoms with Crippen molar-refractivity contribution in [2.45, 2.75) is 18.9 Å². The highest BCUT2D eigenvalue weighted by Gasteiger charge is 2.30. The highest BCUT2D eigenvalue weighted by atomic mass is 16.4. The van der Waals surface area contributed by atoms with E-state index in [1.807, 2.05) is 6.07 Å². The van der Waals surface area contributed by atoms with E-state index in [-0.39, 0.29) is 17.2 Å². The van der Waals surface area contributed by atoms with Crippen LogP contribution in [0.2, 0.25) is 0 Å². The quantitative estimate of drug-likeness (QED) is 0.773. The molecule has 0 saturated carbocycles. The average molecular weight is 355 g/mol. The number of fused-ring (bicyclic) bond motifs is 1. The molecule has 8 heteroatoms. The number of carboxylic acids is 1. The SMILES string of the molecule is O=C(O)c1c(N2CCC(O)CC2)oc(C=C2C=Nc3ncccc32)c1O. The lowest BCUT2D eigenvalue weighted by atomic mass is 10.1. The molecule has 0 atom stereocenters. The van der Waals surface area contributed by atoms with E-state index < -0.39 is 17.8 Å². The van der Waals surface area contributed by atoms with Crippen LogP contribution in [0.4, 0.5) is 11.7 Å². The predicted molar refractivity (Wildman–Crippen MR) is 95.0 cm³/mol. The molecule has 1 fully saturated rings. The van der Waals surface area contributed by atoms with Gasteiger partial charge in [0.2, 0.25) is 5.88 Å². The summed E-state index contributed by atoms with van der Waals surface area (Å²) in [6.45, 7) is 0.914. The number of pyridine rings is 1. The van der Waals surface area contributed by atoms with Gasteiger partial charge in [0.1, 0.15) is 0 Å². The van der Waals surface area contributed by atoms with E-state index in [9.17, 15) is 20.1 Å². The Bertz CT molecular complexity index is 923. The van der Waals surface area contributed by atoms with Crippen LogP contribution in [0.25, 0.3) is 11.6 Å². The van der Waals surface area contributed by atoms with E-state index in [2.05, 4.69) is 9.98 Å². The summed E-state index contributed by atoms with van der Waals surface area (Å²) in [6.07, 6.45) is 5.42. The van der Waals surface area contributed by atoms with Crippen molar-refractivity contribution in [2.75, 3.05) is 18.0 Å². The van der Waals surface area contributed by atoms with Crippen molar-refractivity contribution in [1.29, 1.82) is 0 Å². The number of nitrogens with zero attached hydrogens (tertiary/aromatic N) is 3. The Morgan fingerprint density at radius 2 is 2.12 bits per heavy atom. The Hall–Kier alpha value is -3.13. The van der Waals surface area contributed by atoms with E-state index in [1.54, 1.807) is 29.5 Å². The van der Waals surface area contributed by atoms with Gasteiger partial charge < -0.3 is 24.6 Å². The molecule has 4 heterocycles. The van der Waals surface area contributed by atoms with Crippen LogP contribution >= 0.6 is 0 Å². The van der Waals surface area contributed by atoms with Crippen molar-refractivity contribution in [1.82, 2.24) is 4.98 Å². The van der Waals surface area contributed by atoms with E-state index in [1.165, 1.54) is 0 Å². The standard InChI is InChI=1S/C18H17N3O5/c22-11-3-6-21(7-4-11)17-14(18(24)25)15(23)13(26-17)8-10-9-20-16-12(10)2-1-5-19-16/h1-2,5,8-9,11,22-23H,3-4,6-7H2,(H,24,25). The Kier molecular flexibility index (Phi) is 3.96. The minimum atomic E-state index is -1.26. The van der Waals surface area contributed by atoms with Crippen LogP contribution in [-0.2, 0) is 0 Å². The molecule has 1 saturated heterocycles. The van der Waals surface area contributed by atoms with Gasteiger partial charge in [0.15, 0.2) is 22.9 Å². The number of rotatable bonds is 3. The second kappa shape index (κ2) is 6.30. The highest BCUT2D eigenvalue weighted by molar-refractivity contribution is 6.21.